The summed E-state index contributed by atoms with van der Waals surface area (Å²) in [5.74, 6) is -2.89. The summed E-state index contributed by atoms with van der Waals surface area (Å²) in [5, 5.41) is 69.8. The minimum Gasteiger partial charge on any atom is -0.394 e. The molecule has 0 aromatic rings. The van der Waals surface area contributed by atoms with E-state index < -0.39 is 74.3 Å². The molecule has 12 heteroatoms. The molecule has 0 bridgehead atoms. The summed E-state index contributed by atoms with van der Waals surface area (Å²) in [5.41, 5.74) is 0. The number of methoxy groups -OCH3 is 2. The number of hydrogen-bond donors (Lipinski definition) is 7. The molecule has 7 N–H and O–H groups in total. The van der Waals surface area contributed by atoms with Crippen molar-refractivity contribution in [2.75, 3.05) is 27.4 Å². The van der Waals surface area contributed by atoms with Crippen LogP contribution in [0.2, 0.25) is 0 Å². The van der Waals surface area contributed by atoms with Gasteiger partial charge in [-0.25, -0.2) is 0 Å². The van der Waals surface area contributed by atoms with E-state index in [2.05, 4.69) is 0 Å². The van der Waals surface area contributed by atoms with Crippen molar-refractivity contribution in [1.82, 2.24) is 0 Å². The van der Waals surface area contributed by atoms with Gasteiger partial charge in [0.2, 0.25) is 0 Å². The largest absolute Gasteiger partial charge is 0.394 e. The molecular formula is C14H26O12. The van der Waals surface area contributed by atoms with Crippen LogP contribution in [0.5, 0.6) is 0 Å². The lowest BCUT2D eigenvalue weighted by molar-refractivity contribution is -0.474. The molecule has 2 rings (SSSR count). The van der Waals surface area contributed by atoms with Crippen molar-refractivity contribution in [3.8, 4) is 0 Å². The molecule has 0 aromatic carbocycles. The van der Waals surface area contributed by atoms with Crippen molar-refractivity contribution in [3.05, 3.63) is 0 Å². The van der Waals surface area contributed by atoms with Crippen LogP contribution in [0, 0.1) is 0 Å². The molecule has 12 nitrogen and oxygen atoms in total. The Bertz CT molecular complexity index is 448. The van der Waals surface area contributed by atoms with E-state index in [1.54, 1.807) is 0 Å². The molecule has 2 aliphatic rings. The van der Waals surface area contributed by atoms with E-state index in [4.69, 9.17) is 23.7 Å². The Balaban J connectivity index is 2.23. The zero-order valence-electron chi connectivity index (χ0n) is 14.3. The standard InChI is InChI=1S/C14H26O12/c1-22-10-6(4-16)25-14(21,12(20)9(10)19)26-11-5(3-15)24-13(23-2)8(18)7(11)17/h5-13,15-21H,3-4H2,1-2H3/t5-,6?,7?,8?,9+,10+,11-,12?,13-,14+/m0/s1. The maximum atomic E-state index is 10.5. The number of aliphatic hydroxyl groups is 7. The zero-order chi connectivity index (χ0) is 19.6. The Morgan fingerprint density at radius 1 is 0.846 bits per heavy atom. The van der Waals surface area contributed by atoms with E-state index in [0.717, 1.165) is 0 Å². The van der Waals surface area contributed by atoms with Crippen molar-refractivity contribution in [2.45, 2.75) is 61.1 Å². The molecular weight excluding hydrogens is 360 g/mol. The van der Waals surface area contributed by atoms with Crippen LogP contribution in [0.4, 0.5) is 0 Å². The highest BCUT2D eigenvalue weighted by Gasteiger charge is 2.58. The average Bonchev–Trinajstić information content (AvgIpc) is 2.63. The third-order valence-electron chi connectivity index (χ3n) is 4.53. The quantitative estimate of drug-likeness (QED) is 0.216. The van der Waals surface area contributed by atoms with Crippen molar-refractivity contribution in [2.24, 2.45) is 0 Å². The fourth-order valence-corrected chi connectivity index (χ4v) is 3.09. The van der Waals surface area contributed by atoms with Gasteiger partial charge in [-0.15, -0.1) is 0 Å². The molecule has 2 aliphatic heterocycles. The summed E-state index contributed by atoms with van der Waals surface area (Å²) in [6, 6.07) is 0. The molecule has 4 unspecified atom stereocenters. The van der Waals surface area contributed by atoms with Gasteiger partial charge in [0.25, 0.3) is 0 Å². The van der Waals surface area contributed by atoms with Gasteiger partial charge in [0.05, 0.1) is 13.2 Å². The first-order valence-corrected chi connectivity index (χ1v) is 7.97. The van der Waals surface area contributed by atoms with Gasteiger partial charge in [0.1, 0.15) is 42.7 Å². The fourth-order valence-electron chi connectivity index (χ4n) is 3.09. The number of ether oxygens (including phenoxy) is 5. The molecule has 154 valence electrons. The lowest BCUT2D eigenvalue weighted by Crippen LogP contribution is -2.70. The first-order valence-electron chi connectivity index (χ1n) is 7.97. The molecule has 0 radical (unpaired) electrons. The molecule has 0 amide bonds. The third kappa shape index (κ3) is 3.87. The van der Waals surface area contributed by atoms with Crippen LogP contribution < -0.4 is 0 Å². The van der Waals surface area contributed by atoms with Crippen molar-refractivity contribution < 1.29 is 59.4 Å². The van der Waals surface area contributed by atoms with Crippen LogP contribution in [0.3, 0.4) is 0 Å². The summed E-state index contributed by atoms with van der Waals surface area (Å²) < 4.78 is 25.3. The van der Waals surface area contributed by atoms with Crippen LogP contribution >= 0.6 is 0 Å². The summed E-state index contributed by atoms with van der Waals surface area (Å²) in [6.07, 6.45) is -13.6. The van der Waals surface area contributed by atoms with Gasteiger partial charge in [-0.1, -0.05) is 0 Å². The first-order chi connectivity index (χ1) is 12.2. The Morgan fingerprint density at radius 2 is 1.46 bits per heavy atom. The van der Waals surface area contributed by atoms with Crippen LogP contribution in [-0.2, 0) is 23.7 Å². The van der Waals surface area contributed by atoms with Crippen molar-refractivity contribution in [1.29, 1.82) is 0 Å². The Labute approximate surface area is 149 Å². The maximum absolute atomic E-state index is 10.5. The van der Waals surface area contributed by atoms with Crippen molar-refractivity contribution in [3.63, 3.8) is 0 Å². The van der Waals surface area contributed by atoms with Crippen LogP contribution in [0.15, 0.2) is 0 Å². The molecule has 2 heterocycles. The lowest BCUT2D eigenvalue weighted by atomic mass is 9.95. The molecule has 0 saturated carbocycles. The molecule has 26 heavy (non-hydrogen) atoms. The topological polar surface area (TPSA) is 188 Å². The number of rotatable bonds is 6. The SMILES string of the molecule is CO[C@H]1O[C@@H](CO)[C@H](O[C@]2(O)OC(CO)[C@@H](OC)[C@@H](O)C2O)C(O)C1O. The van der Waals surface area contributed by atoms with Crippen LogP contribution in [0.1, 0.15) is 0 Å². The van der Waals surface area contributed by atoms with E-state index in [1.807, 2.05) is 0 Å². The van der Waals surface area contributed by atoms with Gasteiger partial charge in [-0.05, 0) is 0 Å². The van der Waals surface area contributed by atoms with Gasteiger partial charge in [-0.3, -0.25) is 0 Å². The Morgan fingerprint density at radius 3 is 1.96 bits per heavy atom. The zero-order valence-corrected chi connectivity index (χ0v) is 14.3. The van der Waals surface area contributed by atoms with Crippen LogP contribution in [-0.4, -0.2) is 124 Å². The Kier molecular flexibility index (Phi) is 7.29. The molecule has 2 fully saturated rings. The predicted octanol–water partition coefficient (Wildman–Crippen LogP) is -4.77. The summed E-state index contributed by atoms with van der Waals surface area (Å²) in [4.78, 5) is 0. The average molecular weight is 386 g/mol. The summed E-state index contributed by atoms with van der Waals surface area (Å²) >= 11 is 0. The fraction of sp³-hybridized carbons (Fsp3) is 1.00. The van der Waals surface area contributed by atoms with E-state index in [0.29, 0.717) is 0 Å². The minimum atomic E-state index is -2.89. The highest BCUT2D eigenvalue weighted by atomic mass is 16.8. The predicted molar refractivity (Wildman–Crippen MR) is 79.4 cm³/mol. The van der Waals surface area contributed by atoms with Gasteiger partial charge >= 0.3 is 5.97 Å². The number of aliphatic hydroxyl groups excluding tert-OH is 6. The first kappa shape index (κ1) is 21.8. The summed E-state index contributed by atoms with van der Waals surface area (Å²) in [7, 11) is 2.42. The van der Waals surface area contributed by atoms with Gasteiger partial charge < -0.3 is 59.4 Å². The lowest BCUT2D eigenvalue weighted by Gasteiger charge is -2.49. The van der Waals surface area contributed by atoms with E-state index in [-0.39, 0.29) is 0 Å². The van der Waals surface area contributed by atoms with E-state index >= 15 is 0 Å². The molecule has 0 aromatic heterocycles. The van der Waals surface area contributed by atoms with Gasteiger partial charge in [0, 0.05) is 14.2 Å². The summed E-state index contributed by atoms with van der Waals surface area (Å²) in [6.45, 7) is -1.37. The van der Waals surface area contributed by atoms with Crippen molar-refractivity contribution >= 4 is 0 Å². The molecule has 10 atom stereocenters. The highest BCUT2D eigenvalue weighted by molar-refractivity contribution is 4.96. The monoisotopic (exact) mass is 386 g/mol. The maximum Gasteiger partial charge on any atom is 0.311 e. The second kappa shape index (κ2) is 8.68. The molecule has 0 aliphatic carbocycles. The highest BCUT2D eigenvalue weighted by Crippen LogP contribution is 2.34. The van der Waals surface area contributed by atoms with Gasteiger partial charge in [-0.2, -0.15) is 0 Å². The smallest absolute Gasteiger partial charge is 0.311 e. The van der Waals surface area contributed by atoms with Gasteiger partial charge in [0.15, 0.2) is 12.4 Å². The third-order valence-corrected chi connectivity index (χ3v) is 4.53. The normalized spacial score (nSPS) is 50.0. The Hall–Kier alpha value is -0.480. The minimum absolute atomic E-state index is 0.685. The van der Waals surface area contributed by atoms with E-state index in [9.17, 15) is 35.7 Å². The second-order valence-electron chi connectivity index (χ2n) is 6.13. The molecule has 2 saturated heterocycles. The number of hydrogen-bond acceptors (Lipinski definition) is 12. The second-order valence-corrected chi connectivity index (χ2v) is 6.13. The van der Waals surface area contributed by atoms with E-state index in [1.165, 1.54) is 14.2 Å². The molecule has 0 spiro atoms. The van der Waals surface area contributed by atoms with Crippen LogP contribution in [0.25, 0.3) is 0 Å².